The fourth-order valence-corrected chi connectivity index (χ4v) is 9.41. The highest BCUT2D eigenvalue weighted by atomic mass is 32.1. The van der Waals surface area contributed by atoms with Gasteiger partial charge in [-0.25, -0.2) is 15.0 Å². The molecule has 0 amide bonds. The molecule has 276 valence electrons. The van der Waals surface area contributed by atoms with Gasteiger partial charge < -0.3 is 0 Å². The maximum absolute atomic E-state index is 9.17. The molecule has 0 aliphatic rings. The van der Waals surface area contributed by atoms with Gasteiger partial charge in [-0.05, 0) is 100 Å². The van der Waals surface area contributed by atoms with Crippen molar-refractivity contribution in [3.63, 3.8) is 0 Å². The average molecular weight is 783 g/mol. The summed E-state index contributed by atoms with van der Waals surface area (Å²) < 4.78 is 2.18. The molecule has 0 spiro atoms. The Bertz CT molecular complexity index is 3170. The van der Waals surface area contributed by atoms with Crippen molar-refractivity contribution in [1.29, 1.82) is 5.41 Å². The molecule has 10 aromatic rings. The molecule has 1 N–H and O–H groups in total. The van der Waals surface area contributed by atoms with Crippen LogP contribution in [0.1, 0.15) is 0 Å². The molecule has 0 saturated heterocycles. The number of amidine groups is 1. The van der Waals surface area contributed by atoms with E-state index in [9.17, 15) is 0 Å². The molecule has 58 heavy (non-hydrogen) atoms. The SMILES string of the molecule is C=C/C=C\C(=N)N(c1ccc2c(ccc3cc(N(c4ccc5nc(-c6ccccc6)sc5c4)c4ccccn4)ccc32)c1)c1ccc2nc(-c3ccccc3)sc2c1. The Balaban J connectivity index is 1.03. The molecule has 3 heterocycles. The molecule has 0 bridgehead atoms. The number of fused-ring (bicyclic) bond motifs is 5. The number of thiazole rings is 2. The Morgan fingerprint density at radius 2 is 1.07 bits per heavy atom. The van der Waals surface area contributed by atoms with Crippen LogP contribution in [-0.4, -0.2) is 20.8 Å². The Hall–Kier alpha value is -7.26. The zero-order valence-corrected chi connectivity index (χ0v) is 32.8. The van der Waals surface area contributed by atoms with E-state index < -0.39 is 0 Å². The maximum atomic E-state index is 9.17. The van der Waals surface area contributed by atoms with Gasteiger partial charge in [-0.2, -0.15) is 0 Å². The summed E-state index contributed by atoms with van der Waals surface area (Å²) in [4.78, 5) is 18.8. The lowest BCUT2D eigenvalue weighted by molar-refractivity contribution is 1.18. The fourth-order valence-electron chi connectivity index (χ4n) is 7.40. The van der Waals surface area contributed by atoms with Crippen molar-refractivity contribution in [1.82, 2.24) is 15.0 Å². The number of pyridine rings is 1. The Labute approximate surface area is 343 Å². The van der Waals surface area contributed by atoms with E-state index in [0.717, 1.165) is 91.7 Å². The van der Waals surface area contributed by atoms with Crippen molar-refractivity contribution in [2.45, 2.75) is 0 Å². The second-order valence-electron chi connectivity index (χ2n) is 13.8. The van der Waals surface area contributed by atoms with Gasteiger partial charge in [-0.15, -0.1) is 22.7 Å². The number of rotatable bonds is 9. The van der Waals surface area contributed by atoms with Crippen molar-refractivity contribution in [2.75, 3.05) is 9.80 Å². The van der Waals surface area contributed by atoms with Crippen LogP contribution in [0.25, 0.3) is 63.1 Å². The number of nitrogens with zero attached hydrogens (tertiary/aromatic N) is 5. The quantitative estimate of drug-likeness (QED) is 0.0683. The van der Waals surface area contributed by atoms with Crippen molar-refractivity contribution < 1.29 is 0 Å². The van der Waals surface area contributed by atoms with Gasteiger partial charge in [0, 0.05) is 40.1 Å². The predicted molar refractivity (Wildman–Crippen MR) is 247 cm³/mol. The summed E-state index contributed by atoms with van der Waals surface area (Å²) in [6.07, 6.45) is 7.10. The standard InChI is InChI=1S/C50H34N6S2/c1-2-3-16-47(51)55(39-22-26-43-45(31-39)57-49(53-43)33-12-6-4-7-13-33)37-20-24-41-35(29-37)18-19-36-30-38(21-25-42(36)41)56(48-17-10-11-28-52-48)40-23-27-44-46(32-40)58-50(54-44)34-14-8-5-9-15-34/h2-32,51H,1H2/b16-3-,51-47?. The van der Waals surface area contributed by atoms with E-state index in [1.54, 1.807) is 40.9 Å². The number of aromatic nitrogens is 3. The predicted octanol–water partition coefficient (Wildman–Crippen LogP) is 14.3. The molecule has 0 atom stereocenters. The van der Waals surface area contributed by atoms with Crippen LogP contribution in [0, 0.1) is 5.41 Å². The monoisotopic (exact) mass is 782 g/mol. The largest absolute Gasteiger partial charge is 0.295 e. The second-order valence-corrected chi connectivity index (χ2v) is 15.9. The molecule has 0 unspecified atom stereocenters. The molecule has 0 saturated carbocycles. The minimum absolute atomic E-state index is 0.333. The van der Waals surface area contributed by atoms with E-state index in [1.165, 1.54) is 0 Å². The summed E-state index contributed by atoms with van der Waals surface area (Å²) in [6.45, 7) is 3.84. The molecule has 8 heteroatoms. The first-order valence-electron chi connectivity index (χ1n) is 18.9. The summed E-state index contributed by atoms with van der Waals surface area (Å²) >= 11 is 3.36. The van der Waals surface area contributed by atoms with Crippen molar-refractivity contribution >= 4 is 99.1 Å². The molecule has 3 aromatic heterocycles. The number of hydrogen-bond donors (Lipinski definition) is 1. The highest BCUT2D eigenvalue weighted by Crippen LogP contribution is 2.41. The lowest BCUT2D eigenvalue weighted by atomic mass is 10.00. The number of benzene rings is 7. The average Bonchev–Trinajstić information content (AvgIpc) is 3.91. The first-order chi connectivity index (χ1) is 28.6. The first kappa shape index (κ1) is 35.2. The smallest absolute Gasteiger partial charge is 0.137 e. The number of anilines is 5. The normalized spacial score (nSPS) is 11.5. The number of nitrogens with one attached hydrogen (secondary N) is 1. The highest BCUT2D eigenvalue weighted by molar-refractivity contribution is 7.22. The van der Waals surface area contributed by atoms with E-state index in [1.807, 2.05) is 77.8 Å². The molecule has 0 radical (unpaired) electrons. The van der Waals surface area contributed by atoms with E-state index in [4.69, 9.17) is 20.4 Å². The Morgan fingerprint density at radius 3 is 1.67 bits per heavy atom. The molecular weight excluding hydrogens is 749 g/mol. The van der Waals surface area contributed by atoms with Crippen LogP contribution in [-0.2, 0) is 0 Å². The van der Waals surface area contributed by atoms with Gasteiger partial charge >= 0.3 is 0 Å². The molecule has 6 nitrogen and oxygen atoms in total. The van der Waals surface area contributed by atoms with Gasteiger partial charge in [0.1, 0.15) is 21.7 Å². The topological polar surface area (TPSA) is 69.0 Å². The van der Waals surface area contributed by atoms with Crippen LogP contribution in [0.2, 0.25) is 0 Å². The van der Waals surface area contributed by atoms with Crippen LogP contribution < -0.4 is 9.80 Å². The lowest BCUT2D eigenvalue weighted by Gasteiger charge is -2.25. The molecule has 7 aromatic carbocycles. The summed E-state index contributed by atoms with van der Waals surface area (Å²) in [5.41, 5.74) is 7.93. The molecule has 10 rings (SSSR count). The fraction of sp³-hybridized carbons (Fsp3) is 0. The maximum Gasteiger partial charge on any atom is 0.137 e. The van der Waals surface area contributed by atoms with E-state index in [2.05, 4.69) is 109 Å². The lowest BCUT2D eigenvalue weighted by Crippen LogP contribution is -2.23. The van der Waals surface area contributed by atoms with Gasteiger partial charge in [0.15, 0.2) is 0 Å². The van der Waals surface area contributed by atoms with Crippen molar-refractivity contribution in [2.24, 2.45) is 0 Å². The van der Waals surface area contributed by atoms with Gasteiger partial charge in [-0.3, -0.25) is 15.2 Å². The van der Waals surface area contributed by atoms with Crippen LogP contribution >= 0.6 is 22.7 Å². The van der Waals surface area contributed by atoms with E-state index in [0.29, 0.717) is 5.84 Å². The third kappa shape index (κ3) is 6.60. The van der Waals surface area contributed by atoms with Crippen LogP contribution in [0.5, 0.6) is 0 Å². The minimum Gasteiger partial charge on any atom is -0.295 e. The van der Waals surface area contributed by atoms with Crippen molar-refractivity contribution in [3.05, 3.63) is 195 Å². The number of allylic oxidation sites excluding steroid dienone is 2. The number of hydrogen-bond acceptors (Lipinski definition) is 7. The van der Waals surface area contributed by atoms with Gasteiger partial charge in [-0.1, -0.05) is 110 Å². The molecule has 0 aliphatic carbocycles. The minimum atomic E-state index is 0.333. The van der Waals surface area contributed by atoms with Crippen LogP contribution in [0.4, 0.5) is 28.6 Å². The van der Waals surface area contributed by atoms with Gasteiger partial charge in [0.25, 0.3) is 0 Å². The molecule has 0 fully saturated rings. The van der Waals surface area contributed by atoms with Crippen molar-refractivity contribution in [3.8, 4) is 21.1 Å². The second kappa shape index (κ2) is 15.0. The molecule has 0 aliphatic heterocycles. The van der Waals surface area contributed by atoms with E-state index in [-0.39, 0.29) is 0 Å². The Morgan fingerprint density at radius 1 is 0.552 bits per heavy atom. The van der Waals surface area contributed by atoms with E-state index >= 15 is 0 Å². The van der Waals surface area contributed by atoms with Gasteiger partial charge in [0.05, 0.1) is 20.4 Å². The zero-order valence-electron chi connectivity index (χ0n) is 31.2. The van der Waals surface area contributed by atoms with Crippen LogP contribution in [0.15, 0.2) is 195 Å². The Kier molecular flexibility index (Phi) is 9.10. The third-order valence-electron chi connectivity index (χ3n) is 10.1. The highest BCUT2D eigenvalue weighted by Gasteiger charge is 2.19. The van der Waals surface area contributed by atoms with Crippen LogP contribution in [0.3, 0.4) is 0 Å². The van der Waals surface area contributed by atoms with Gasteiger partial charge in [0.2, 0.25) is 0 Å². The summed E-state index contributed by atoms with van der Waals surface area (Å²) in [7, 11) is 0. The zero-order chi connectivity index (χ0) is 39.0. The summed E-state index contributed by atoms with van der Waals surface area (Å²) in [5.74, 6) is 1.17. The summed E-state index contributed by atoms with van der Waals surface area (Å²) in [5, 5.41) is 15.6. The first-order valence-corrected chi connectivity index (χ1v) is 20.5. The summed E-state index contributed by atoms with van der Waals surface area (Å²) in [6, 6.07) is 56.7. The molecular formula is C50H34N6S2. The third-order valence-corrected chi connectivity index (χ3v) is 12.3.